The summed E-state index contributed by atoms with van der Waals surface area (Å²) in [5, 5.41) is 0.641. The standard InChI is InChI=1S/C17H23ClN2O3/c1-19-7-2-8-20(16-11-13(18)3-4-15(16)19)17(21)12-23-14-5-9-22-10-6-14/h3-4,11,14H,2,5-10,12H2,1H3. The lowest BCUT2D eigenvalue weighted by Gasteiger charge is -2.26. The van der Waals surface area contributed by atoms with E-state index >= 15 is 0 Å². The van der Waals surface area contributed by atoms with Crippen LogP contribution in [0.15, 0.2) is 18.2 Å². The fourth-order valence-electron chi connectivity index (χ4n) is 3.11. The van der Waals surface area contributed by atoms with E-state index in [4.69, 9.17) is 21.1 Å². The second-order valence-corrected chi connectivity index (χ2v) is 6.51. The number of carbonyl (C=O) groups excluding carboxylic acids is 1. The quantitative estimate of drug-likeness (QED) is 0.850. The van der Waals surface area contributed by atoms with Gasteiger partial charge in [0.05, 0.1) is 17.5 Å². The molecule has 3 rings (SSSR count). The fraction of sp³-hybridized carbons (Fsp3) is 0.588. The number of benzene rings is 1. The summed E-state index contributed by atoms with van der Waals surface area (Å²) < 4.78 is 11.1. The van der Waals surface area contributed by atoms with Gasteiger partial charge >= 0.3 is 0 Å². The van der Waals surface area contributed by atoms with Crippen LogP contribution in [0.1, 0.15) is 19.3 Å². The minimum absolute atomic E-state index is 0.00434. The Labute approximate surface area is 142 Å². The second kappa shape index (κ2) is 7.51. The zero-order valence-electron chi connectivity index (χ0n) is 13.5. The average molecular weight is 339 g/mol. The van der Waals surface area contributed by atoms with Crippen LogP contribution >= 0.6 is 11.6 Å². The maximum absolute atomic E-state index is 12.7. The number of fused-ring (bicyclic) bond motifs is 1. The van der Waals surface area contributed by atoms with Crippen molar-refractivity contribution in [2.24, 2.45) is 0 Å². The van der Waals surface area contributed by atoms with Crippen LogP contribution in [-0.2, 0) is 14.3 Å². The predicted octanol–water partition coefficient (Wildman–Crippen LogP) is 2.71. The first-order chi connectivity index (χ1) is 11.1. The molecule has 0 atom stereocenters. The summed E-state index contributed by atoms with van der Waals surface area (Å²) in [6, 6.07) is 5.71. The first kappa shape index (κ1) is 16.6. The van der Waals surface area contributed by atoms with Gasteiger partial charge in [0.25, 0.3) is 5.91 Å². The number of anilines is 2. The zero-order chi connectivity index (χ0) is 16.2. The molecule has 2 heterocycles. The van der Waals surface area contributed by atoms with Crippen molar-refractivity contribution >= 4 is 28.9 Å². The van der Waals surface area contributed by atoms with Gasteiger partial charge in [-0.3, -0.25) is 4.79 Å². The molecule has 6 heteroatoms. The molecule has 0 radical (unpaired) electrons. The van der Waals surface area contributed by atoms with E-state index in [2.05, 4.69) is 4.90 Å². The summed E-state index contributed by atoms with van der Waals surface area (Å²) in [6.45, 7) is 3.14. The Kier molecular flexibility index (Phi) is 5.41. The van der Waals surface area contributed by atoms with Crippen molar-refractivity contribution in [3.05, 3.63) is 23.2 Å². The largest absolute Gasteiger partial charge is 0.381 e. The zero-order valence-corrected chi connectivity index (χ0v) is 14.2. The number of ether oxygens (including phenoxy) is 2. The van der Waals surface area contributed by atoms with Gasteiger partial charge in [0, 0.05) is 38.4 Å². The third kappa shape index (κ3) is 3.97. The minimum atomic E-state index is -0.00434. The van der Waals surface area contributed by atoms with Crippen molar-refractivity contribution in [2.45, 2.75) is 25.4 Å². The SMILES string of the molecule is CN1CCCN(C(=O)COC2CCOCC2)c2cc(Cl)ccc21. The van der Waals surface area contributed by atoms with Crippen molar-refractivity contribution in [3.63, 3.8) is 0 Å². The summed E-state index contributed by atoms with van der Waals surface area (Å²) in [6.07, 6.45) is 2.77. The Bertz CT molecular complexity index is 561. The maximum Gasteiger partial charge on any atom is 0.253 e. The van der Waals surface area contributed by atoms with Gasteiger partial charge in [0.15, 0.2) is 0 Å². The molecular weight excluding hydrogens is 316 g/mol. The summed E-state index contributed by atoms with van der Waals surface area (Å²) in [4.78, 5) is 16.7. The smallest absolute Gasteiger partial charge is 0.253 e. The van der Waals surface area contributed by atoms with Crippen molar-refractivity contribution in [1.82, 2.24) is 0 Å². The Morgan fingerprint density at radius 1 is 1.30 bits per heavy atom. The maximum atomic E-state index is 12.7. The number of carbonyl (C=O) groups is 1. The third-order valence-corrected chi connectivity index (χ3v) is 4.66. The van der Waals surface area contributed by atoms with E-state index in [1.165, 1.54) is 0 Å². The molecule has 0 spiro atoms. The molecule has 23 heavy (non-hydrogen) atoms. The van der Waals surface area contributed by atoms with Gasteiger partial charge in [0.1, 0.15) is 6.61 Å². The summed E-state index contributed by atoms with van der Waals surface area (Å²) in [5.41, 5.74) is 1.91. The molecule has 0 aromatic heterocycles. The molecule has 1 saturated heterocycles. The number of hydrogen-bond acceptors (Lipinski definition) is 4. The molecule has 0 saturated carbocycles. The number of nitrogens with zero attached hydrogens (tertiary/aromatic N) is 2. The molecule has 2 aliphatic rings. The monoisotopic (exact) mass is 338 g/mol. The normalized spacial score (nSPS) is 19.4. The molecule has 126 valence electrons. The summed E-state index contributed by atoms with van der Waals surface area (Å²) >= 11 is 6.14. The average Bonchev–Trinajstić information content (AvgIpc) is 2.72. The molecule has 1 aromatic carbocycles. The van der Waals surface area contributed by atoms with Crippen LogP contribution in [0, 0.1) is 0 Å². The van der Waals surface area contributed by atoms with E-state index in [9.17, 15) is 4.79 Å². The molecule has 0 unspecified atom stereocenters. The Morgan fingerprint density at radius 3 is 2.87 bits per heavy atom. The molecule has 1 fully saturated rings. The second-order valence-electron chi connectivity index (χ2n) is 6.08. The molecule has 1 aromatic rings. The molecule has 2 aliphatic heterocycles. The van der Waals surface area contributed by atoms with Crippen LogP contribution in [0.5, 0.6) is 0 Å². The van der Waals surface area contributed by atoms with Crippen LogP contribution < -0.4 is 9.80 Å². The van der Waals surface area contributed by atoms with Crippen LogP contribution in [0.25, 0.3) is 0 Å². The third-order valence-electron chi connectivity index (χ3n) is 4.43. The summed E-state index contributed by atoms with van der Waals surface area (Å²) in [5.74, 6) is -0.00434. The number of amides is 1. The number of rotatable bonds is 3. The molecule has 1 amide bonds. The highest BCUT2D eigenvalue weighted by Crippen LogP contribution is 2.34. The lowest BCUT2D eigenvalue weighted by Crippen LogP contribution is -2.36. The summed E-state index contributed by atoms with van der Waals surface area (Å²) in [7, 11) is 2.04. The van der Waals surface area contributed by atoms with Gasteiger partial charge in [-0.05, 0) is 37.5 Å². The van der Waals surface area contributed by atoms with Crippen LogP contribution in [0.4, 0.5) is 11.4 Å². The minimum Gasteiger partial charge on any atom is -0.381 e. The van der Waals surface area contributed by atoms with E-state index in [1.807, 2.05) is 30.1 Å². The first-order valence-corrected chi connectivity index (χ1v) is 8.53. The molecule has 0 aliphatic carbocycles. The van der Waals surface area contributed by atoms with Crippen molar-refractivity contribution in [2.75, 3.05) is 49.8 Å². The van der Waals surface area contributed by atoms with Gasteiger partial charge in [-0.2, -0.15) is 0 Å². The van der Waals surface area contributed by atoms with Gasteiger partial charge in [0.2, 0.25) is 0 Å². The highest BCUT2D eigenvalue weighted by molar-refractivity contribution is 6.31. The van der Waals surface area contributed by atoms with E-state index in [0.29, 0.717) is 24.8 Å². The molecule has 0 N–H and O–H groups in total. The number of halogens is 1. The lowest BCUT2D eigenvalue weighted by molar-refractivity contribution is -0.127. The van der Waals surface area contributed by atoms with Gasteiger partial charge in [-0.1, -0.05) is 11.6 Å². The van der Waals surface area contributed by atoms with E-state index in [0.717, 1.165) is 37.2 Å². The molecular formula is C17H23ClN2O3. The first-order valence-electron chi connectivity index (χ1n) is 8.15. The molecule has 0 bridgehead atoms. The lowest BCUT2D eigenvalue weighted by atomic mass is 10.1. The predicted molar refractivity (Wildman–Crippen MR) is 91.5 cm³/mol. The fourth-order valence-corrected chi connectivity index (χ4v) is 3.28. The van der Waals surface area contributed by atoms with E-state index in [-0.39, 0.29) is 18.6 Å². The van der Waals surface area contributed by atoms with Gasteiger partial charge in [-0.25, -0.2) is 0 Å². The van der Waals surface area contributed by atoms with E-state index in [1.54, 1.807) is 0 Å². The van der Waals surface area contributed by atoms with E-state index < -0.39 is 0 Å². The Balaban J connectivity index is 1.71. The Hall–Kier alpha value is -1.30. The molecule has 5 nitrogen and oxygen atoms in total. The topological polar surface area (TPSA) is 42.0 Å². The highest BCUT2D eigenvalue weighted by Gasteiger charge is 2.25. The highest BCUT2D eigenvalue weighted by atomic mass is 35.5. The van der Waals surface area contributed by atoms with Crippen LogP contribution in [0.3, 0.4) is 0 Å². The van der Waals surface area contributed by atoms with Crippen LogP contribution in [0.2, 0.25) is 5.02 Å². The van der Waals surface area contributed by atoms with Crippen molar-refractivity contribution in [1.29, 1.82) is 0 Å². The van der Waals surface area contributed by atoms with Gasteiger partial charge < -0.3 is 19.3 Å². The van der Waals surface area contributed by atoms with Crippen molar-refractivity contribution in [3.8, 4) is 0 Å². The van der Waals surface area contributed by atoms with Crippen LogP contribution in [-0.4, -0.2) is 52.0 Å². The Morgan fingerprint density at radius 2 is 2.09 bits per heavy atom. The van der Waals surface area contributed by atoms with Crippen molar-refractivity contribution < 1.29 is 14.3 Å². The van der Waals surface area contributed by atoms with Gasteiger partial charge in [-0.15, -0.1) is 0 Å². The number of hydrogen-bond donors (Lipinski definition) is 0.